The van der Waals surface area contributed by atoms with Gasteiger partial charge in [-0.1, -0.05) is 18.2 Å². The Bertz CT molecular complexity index is 1090. The molecule has 2 heterocycles. The molecular formula is C25H27N3O5. The van der Waals surface area contributed by atoms with Crippen molar-refractivity contribution in [3.8, 4) is 0 Å². The van der Waals surface area contributed by atoms with Gasteiger partial charge in [0.05, 0.1) is 11.1 Å². The number of piperazine rings is 1. The van der Waals surface area contributed by atoms with Crippen LogP contribution >= 0.6 is 0 Å². The maximum absolute atomic E-state index is 12.8. The lowest BCUT2D eigenvalue weighted by Gasteiger charge is -2.36. The zero-order valence-corrected chi connectivity index (χ0v) is 18.8. The van der Waals surface area contributed by atoms with E-state index in [4.69, 9.17) is 0 Å². The summed E-state index contributed by atoms with van der Waals surface area (Å²) in [6, 6.07) is 11.2. The number of fused-ring (bicyclic) bond motifs is 1. The fourth-order valence-electron chi connectivity index (χ4n) is 4.41. The number of hydrogen-bond donors (Lipinski definition) is 1. The van der Waals surface area contributed by atoms with Crippen molar-refractivity contribution in [2.45, 2.75) is 32.7 Å². The quantitative estimate of drug-likeness (QED) is 0.681. The Labute approximate surface area is 192 Å². The number of carbonyl (C=O) groups is 4. The molecule has 1 fully saturated rings. The lowest BCUT2D eigenvalue weighted by Crippen LogP contribution is -2.49. The van der Waals surface area contributed by atoms with Crippen LogP contribution in [0.4, 0.5) is 5.69 Å². The van der Waals surface area contributed by atoms with Crippen molar-refractivity contribution in [3.63, 3.8) is 0 Å². The van der Waals surface area contributed by atoms with Crippen molar-refractivity contribution < 1.29 is 24.3 Å². The average molecular weight is 450 g/mol. The number of amides is 3. The van der Waals surface area contributed by atoms with Gasteiger partial charge in [0.15, 0.2) is 0 Å². The molecule has 2 aromatic carbocycles. The van der Waals surface area contributed by atoms with Gasteiger partial charge in [-0.05, 0) is 55.7 Å². The van der Waals surface area contributed by atoms with Crippen molar-refractivity contribution in [2.75, 3.05) is 31.1 Å². The molecule has 2 aromatic rings. The van der Waals surface area contributed by atoms with Crippen molar-refractivity contribution >= 4 is 29.4 Å². The number of hydrogen-bond acceptors (Lipinski definition) is 5. The highest BCUT2D eigenvalue weighted by Crippen LogP contribution is 2.26. The van der Waals surface area contributed by atoms with Crippen LogP contribution in [-0.4, -0.2) is 70.8 Å². The molecule has 2 aliphatic heterocycles. The fraction of sp³-hybridized carbons (Fsp3) is 0.360. The SMILES string of the molecule is Cc1ccc(N2CCN(C(=O)CC[C@@H](C(=O)O)N3C(=O)c4ccccc4C3=O)CC2)cc1C. The van der Waals surface area contributed by atoms with Gasteiger partial charge in [-0.25, -0.2) is 4.79 Å². The molecule has 1 saturated heterocycles. The zero-order valence-electron chi connectivity index (χ0n) is 18.8. The second-order valence-electron chi connectivity index (χ2n) is 8.55. The third kappa shape index (κ3) is 4.33. The van der Waals surface area contributed by atoms with Crippen molar-refractivity contribution in [2.24, 2.45) is 0 Å². The molecule has 0 spiro atoms. The fourth-order valence-corrected chi connectivity index (χ4v) is 4.41. The maximum Gasteiger partial charge on any atom is 0.326 e. The number of aryl methyl sites for hydroxylation is 2. The van der Waals surface area contributed by atoms with E-state index in [1.54, 1.807) is 17.0 Å². The number of imide groups is 1. The van der Waals surface area contributed by atoms with Crippen LogP contribution in [0, 0.1) is 13.8 Å². The summed E-state index contributed by atoms with van der Waals surface area (Å²) in [6.07, 6.45) is -0.162. The highest BCUT2D eigenvalue weighted by Gasteiger charge is 2.42. The normalized spacial score (nSPS) is 16.7. The molecule has 0 unspecified atom stereocenters. The van der Waals surface area contributed by atoms with Gasteiger partial charge in [-0.2, -0.15) is 0 Å². The van der Waals surface area contributed by atoms with Gasteiger partial charge in [0.1, 0.15) is 6.04 Å². The van der Waals surface area contributed by atoms with Crippen molar-refractivity contribution in [1.29, 1.82) is 0 Å². The lowest BCUT2D eigenvalue weighted by atomic mass is 10.1. The van der Waals surface area contributed by atoms with E-state index in [1.165, 1.54) is 23.3 Å². The Morgan fingerprint density at radius 1 is 0.909 bits per heavy atom. The van der Waals surface area contributed by atoms with Crippen LogP contribution in [0.5, 0.6) is 0 Å². The maximum atomic E-state index is 12.8. The lowest BCUT2D eigenvalue weighted by molar-refractivity contribution is -0.142. The highest BCUT2D eigenvalue weighted by atomic mass is 16.4. The molecule has 0 bridgehead atoms. The van der Waals surface area contributed by atoms with Crippen molar-refractivity contribution in [3.05, 3.63) is 64.7 Å². The van der Waals surface area contributed by atoms with Gasteiger partial charge in [0, 0.05) is 38.3 Å². The molecule has 4 rings (SSSR count). The van der Waals surface area contributed by atoms with Gasteiger partial charge in [-0.3, -0.25) is 19.3 Å². The van der Waals surface area contributed by atoms with E-state index in [0.29, 0.717) is 26.2 Å². The van der Waals surface area contributed by atoms with E-state index in [1.807, 2.05) is 0 Å². The molecule has 8 heteroatoms. The molecule has 0 aromatic heterocycles. The van der Waals surface area contributed by atoms with Crippen LogP contribution in [0.25, 0.3) is 0 Å². The summed E-state index contributed by atoms with van der Waals surface area (Å²) >= 11 is 0. The smallest absolute Gasteiger partial charge is 0.326 e. The Kier molecular flexibility index (Phi) is 6.18. The van der Waals surface area contributed by atoms with E-state index in [2.05, 4.69) is 36.9 Å². The number of rotatable bonds is 6. The Balaban J connectivity index is 1.36. The first kappa shape index (κ1) is 22.5. The second kappa shape index (κ2) is 9.05. The number of nitrogens with zero attached hydrogens (tertiary/aromatic N) is 3. The first-order valence-electron chi connectivity index (χ1n) is 11.1. The van der Waals surface area contributed by atoms with Crippen LogP contribution in [0.3, 0.4) is 0 Å². The summed E-state index contributed by atoms with van der Waals surface area (Å²) in [7, 11) is 0. The number of aliphatic carboxylic acids is 1. The van der Waals surface area contributed by atoms with E-state index < -0.39 is 23.8 Å². The summed E-state index contributed by atoms with van der Waals surface area (Å²) in [5.41, 5.74) is 3.98. The Morgan fingerprint density at radius 3 is 2.06 bits per heavy atom. The molecular weight excluding hydrogens is 422 g/mol. The second-order valence-corrected chi connectivity index (χ2v) is 8.55. The highest BCUT2D eigenvalue weighted by molar-refractivity contribution is 6.22. The first-order valence-corrected chi connectivity index (χ1v) is 11.1. The predicted octanol–water partition coefficient (Wildman–Crippen LogP) is 2.48. The number of anilines is 1. The minimum Gasteiger partial charge on any atom is -0.480 e. The number of benzene rings is 2. The summed E-state index contributed by atoms with van der Waals surface area (Å²) in [5.74, 6) is -2.72. The summed E-state index contributed by atoms with van der Waals surface area (Å²) in [6.45, 7) is 6.60. The van der Waals surface area contributed by atoms with Crippen LogP contribution in [0.15, 0.2) is 42.5 Å². The molecule has 0 radical (unpaired) electrons. The van der Waals surface area contributed by atoms with E-state index in [-0.39, 0.29) is 29.9 Å². The first-order chi connectivity index (χ1) is 15.8. The Morgan fingerprint density at radius 2 is 1.52 bits per heavy atom. The van der Waals surface area contributed by atoms with E-state index >= 15 is 0 Å². The zero-order chi connectivity index (χ0) is 23.7. The largest absolute Gasteiger partial charge is 0.480 e. The standard InChI is InChI=1S/C25H27N3O5/c1-16-7-8-18(15-17(16)2)26-11-13-27(14-12-26)22(29)10-9-21(25(32)33)28-23(30)19-5-3-4-6-20(19)24(28)31/h3-8,15,21H,9-14H2,1-2H3,(H,32,33)/t21-/m0/s1. The number of carbonyl (C=O) groups excluding carboxylic acids is 3. The van der Waals surface area contributed by atoms with E-state index in [0.717, 1.165) is 10.6 Å². The number of carboxylic acids is 1. The third-order valence-corrected chi connectivity index (χ3v) is 6.54. The molecule has 0 saturated carbocycles. The van der Waals surface area contributed by atoms with Crippen LogP contribution < -0.4 is 4.90 Å². The molecule has 8 nitrogen and oxygen atoms in total. The summed E-state index contributed by atoms with van der Waals surface area (Å²) in [4.78, 5) is 54.7. The molecule has 172 valence electrons. The average Bonchev–Trinajstić information content (AvgIpc) is 3.06. The third-order valence-electron chi connectivity index (χ3n) is 6.54. The van der Waals surface area contributed by atoms with Crippen LogP contribution in [0.1, 0.15) is 44.7 Å². The molecule has 1 N–H and O–H groups in total. The predicted molar refractivity (Wildman–Crippen MR) is 122 cm³/mol. The molecule has 0 aliphatic carbocycles. The van der Waals surface area contributed by atoms with Crippen molar-refractivity contribution in [1.82, 2.24) is 9.80 Å². The molecule has 33 heavy (non-hydrogen) atoms. The molecule has 1 atom stereocenters. The Hall–Kier alpha value is -3.68. The molecule has 3 amide bonds. The summed E-state index contributed by atoms with van der Waals surface area (Å²) < 4.78 is 0. The van der Waals surface area contributed by atoms with Gasteiger partial charge < -0.3 is 14.9 Å². The van der Waals surface area contributed by atoms with Crippen LogP contribution in [-0.2, 0) is 9.59 Å². The van der Waals surface area contributed by atoms with Gasteiger partial charge >= 0.3 is 5.97 Å². The van der Waals surface area contributed by atoms with Crippen LogP contribution in [0.2, 0.25) is 0 Å². The van der Waals surface area contributed by atoms with Gasteiger partial charge in [-0.15, -0.1) is 0 Å². The summed E-state index contributed by atoms with van der Waals surface area (Å²) in [5, 5.41) is 9.70. The number of carboxylic acid groups (broad SMARTS) is 1. The topological polar surface area (TPSA) is 98.2 Å². The van der Waals surface area contributed by atoms with Gasteiger partial charge in [0.2, 0.25) is 5.91 Å². The minimum absolute atomic E-state index is 0.0476. The monoisotopic (exact) mass is 449 g/mol. The molecule has 2 aliphatic rings. The van der Waals surface area contributed by atoms with Gasteiger partial charge in [0.25, 0.3) is 11.8 Å². The van der Waals surface area contributed by atoms with E-state index in [9.17, 15) is 24.3 Å². The minimum atomic E-state index is -1.38.